The second kappa shape index (κ2) is 5.89. The highest BCUT2D eigenvalue weighted by atomic mass is 32.1. The normalized spacial score (nSPS) is 15.4. The molecule has 2 aromatic rings. The Balaban J connectivity index is 1.90. The third-order valence-electron chi connectivity index (χ3n) is 3.88. The Labute approximate surface area is 119 Å². The van der Waals surface area contributed by atoms with E-state index in [2.05, 4.69) is 48.0 Å². The highest BCUT2D eigenvalue weighted by molar-refractivity contribution is 7.10. The van der Waals surface area contributed by atoms with Gasteiger partial charge in [-0.15, -0.1) is 11.3 Å². The lowest BCUT2D eigenvalue weighted by Gasteiger charge is -2.18. The zero-order chi connectivity index (χ0) is 13.1. The van der Waals surface area contributed by atoms with Crippen LogP contribution in [0.15, 0.2) is 35.7 Å². The van der Waals surface area contributed by atoms with Gasteiger partial charge in [0.25, 0.3) is 0 Å². The summed E-state index contributed by atoms with van der Waals surface area (Å²) in [6.07, 6.45) is 5.02. The number of fused-ring (bicyclic) bond motifs is 1. The van der Waals surface area contributed by atoms with E-state index in [-0.39, 0.29) is 0 Å². The van der Waals surface area contributed by atoms with E-state index in [4.69, 9.17) is 0 Å². The molecule has 0 saturated carbocycles. The van der Waals surface area contributed by atoms with Crippen LogP contribution >= 0.6 is 11.3 Å². The quantitative estimate of drug-likeness (QED) is 0.853. The molecule has 1 unspecified atom stereocenters. The van der Waals surface area contributed by atoms with Crippen LogP contribution in [-0.2, 0) is 12.8 Å². The van der Waals surface area contributed by atoms with Crippen molar-refractivity contribution in [1.29, 1.82) is 0 Å². The fraction of sp³-hybridized carbons (Fsp3) is 0.412. The first-order valence-corrected chi connectivity index (χ1v) is 8.15. The van der Waals surface area contributed by atoms with Crippen LogP contribution in [0.4, 0.5) is 0 Å². The molecule has 1 N–H and O–H groups in total. The van der Waals surface area contributed by atoms with Crippen LogP contribution in [-0.4, -0.2) is 6.54 Å². The van der Waals surface area contributed by atoms with Gasteiger partial charge >= 0.3 is 0 Å². The SMILES string of the molecule is CCCNC(c1ccc2c(c1)CCC2)c1cccs1. The van der Waals surface area contributed by atoms with E-state index in [1.165, 1.54) is 36.1 Å². The zero-order valence-electron chi connectivity index (χ0n) is 11.5. The fourth-order valence-electron chi connectivity index (χ4n) is 2.90. The van der Waals surface area contributed by atoms with Crippen LogP contribution < -0.4 is 5.32 Å². The van der Waals surface area contributed by atoms with Gasteiger partial charge in [-0.3, -0.25) is 0 Å². The molecule has 1 aromatic carbocycles. The molecule has 1 heterocycles. The molecule has 0 bridgehead atoms. The third-order valence-corrected chi connectivity index (χ3v) is 4.82. The molecule has 2 heteroatoms. The summed E-state index contributed by atoms with van der Waals surface area (Å²) in [6, 6.07) is 11.8. The predicted octanol–water partition coefficient (Wildman–Crippen LogP) is 4.33. The Hall–Kier alpha value is -1.12. The van der Waals surface area contributed by atoms with Gasteiger partial charge in [0.2, 0.25) is 0 Å². The van der Waals surface area contributed by atoms with Gasteiger partial charge in [0, 0.05) is 4.88 Å². The molecule has 1 aliphatic rings. The first kappa shape index (κ1) is 12.9. The van der Waals surface area contributed by atoms with Crippen molar-refractivity contribution in [3.05, 3.63) is 57.3 Å². The molecule has 0 fully saturated rings. The lowest BCUT2D eigenvalue weighted by molar-refractivity contribution is 0.605. The van der Waals surface area contributed by atoms with Gasteiger partial charge in [-0.25, -0.2) is 0 Å². The Morgan fingerprint density at radius 2 is 2.11 bits per heavy atom. The molecule has 1 aliphatic carbocycles. The Bertz CT molecular complexity index is 530. The average Bonchev–Trinajstić information content (AvgIpc) is 3.09. The van der Waals surface area contributed by atoms with E-state index in [0.29, 0.717) is 6.04 Å². The van der Waals surface area contributed by atoms with Gasteiger partial charge in [-0.2, -0.15) is 0 Å². The van der Waals surface area contributed by atoms with Gasteiger partial charge in [0.1, 0.15) is 0 Å². The molecule has 1 aromatic heterocycles. The number of benzene rings is 1. The van der Waals surface area contributed by atoms with Gasteiger partial charge in [0.15, 0.2) is 0 Å². The highest BCUT2D eigenvalue weighted by Crippen LogP contribution is 2.30. The largest absolute Gasteiger partial charge is 0.306 e. The van der Waals surface area contributed by atoms with Crippen LogP contribution in [0.2, 0.25) is 0 Å². The van der Waals surface area contributed by atoms with E-state index >= 15 is 0 Å². The number of aryl methyl sites for hydroxylation is 2. The van der Waals surface area contributed by atoms with Crippen molar-refractivity contribution in [1.82, 2.24) is 5.32 Å². The number of thiophene rings is 1. The van der Waals surface area contributed by atoms with Crippen LogP contribution in [0.1, 0.15) is 47.4 Å². The van der Waals surface area contributed by atoms with Crippen molar-refractivity contribution in [2.45, 2.75) is 38.6 Å². The Morgan fingerprint density at radius 3 is 2.89 bits per heavy atom. The van der Waals surface area contributed by atoms with Gasteiger partial charge in [0.05, 0.1) is 6.04 Å². The zero-order valence-corrected chi connectivity index (χ0v) is 12.3. The van der Waals surface area contributed by atoms with Gasteiger partial charge in [-0.05, 0) is 60.4 Å². The molecule has 100 valence electrons. The van der Waals surface area contributed by atoms with Gasteiger partial charge < -0.3 is 5.32 Å². The maximum Gasteiger partial charge on any atom is 0.0671 e. The minimum atomic E-state index is 0.367. The second-order valence-corrected chi connectivity index (χ2v) is 6.26. The predicted molar refractivity (Wildman–Crippen MR) is 82.9 cm³/mol. The molecule has 1 nitrogen and oxygen atoms in total. The summed E-state index contributed by atoms with van der Waals surface area (Å²) in [5, 5.41) is 5.86. The van der Waals surface area contributed by atoms with Crippen molar-refractivity contribution in [3.8, 4) is 0 Å². The molecule has 0 saturated heterocycles. The Kier molecular flexibility index (Phi) is 4.00. The number of nitrogens with one attached hydrogen (secondary N) is 1. The summed E-state index contributed by atoms with van der Waals surface area (Å²) in [5.74, 6) is 0. The van der Waals surface area contributed by atoms with E-state index < -0.39 is 0 Å². The van der Waals surface area contributed by atoms with Crippen LogP contribution in [0, 0.1) is 0 Å². The number of rotatable bonds is 5. The molecule has 19 heavy (non-hydrogen) atoms. The molecule has 1 atom stereocenters. The summed E-state index contributed by atoms with van der Waals surface area (Å²) >= 11 is 1.85. The lowest BCUT2D eigenvalue weighted by atomic mass is 10.00. The van der Waals surface area contributed by atoms with Gasteiger partial charge in [-0.1, -0.05) is 31.2 Å². The second-order valence-electron chi connectivity index (χ2n) is 5.28. The molecule has 3 rings (SSSR count). The van der Waals surface area contributed by atoms with E-state index in [1.807, 2.05) is 11.3 Å². The number of hydrogen-bond donors (Lipinski definition) is 1. The molecule has 0 amide bonds. The first-order chi connectivity index (χ1) is 9.38. The summed E-state index contributed by atoms with van der Waals surface area (Å²) in [6.45, 7) is 3.29. The van der Waals surface area contributed by atoms with Crippen molar-refractivity contribution in [2.24, 2.45) is 0 Å². The van der Waals surface area contributed by atoms with Crippen LogP contribution in [0.3, 0.4) is 0 Å². The smallest absolute Gasteiger partial charge is 0.0671 e. The van der Waals surface area contributed by atoms with Crippen molar-refractivity contribution in [2.75, 3.05) is 6.54 Å². The molecular formula is C17H21NS. The molecule has 0 spiro atoms. The van der Waals surface area contributed by atoms with Crippen LogP contribution in [0.25, 0.3) is 0 Å². The van der Waals surface area contributed by atoms with Crippen molar-refractivity contribution < 1.29 is 0 Å². The minimum absolute atomic E-state index is 0.367. The first-order valence-electron chi connectivity index (χ1n) is 7.27. The number of hydrogen-bond acceptors (Lipinski definition) is 2. The molecular weight excluding hydrogens is 250 g/mol. The van der Waals surface area contributed by atoms with E-state index in [1.54, 1.807) is 11.1 Å². The topological polar surface area (TPSA) is 12.0 Å². The average molecular weight is 271 g/mol. The summed E-state index contributed by atoms with van der Waals surface area (Å²) in [4.78, 5) is 1.42. The molecule has 0 aliphatic heterocycles. The van der Waals surface area contributed by atoms with E-state index in [0.717, 1.165) is 6.54 Å². The monoisotopic (exact) mass is 271 g/mol. The third kappa shape index (κ3) is 2.75. The van der Waals surface area contributed by atoms with E-state index in [9.17, 15) is 0 Å². The van der Waals surface area contributed by atoms with Crippen LogP contribution in [0.5, 0.6) is 0 Å². The molecule has 0 radical (unpaired) electrons. The highest BCUT2D eigenvalue weighted by Gasteiger charge is 2.17. The standard InChI is InChI=1S/C17H21NS/c1-2-10-18-17(16-7-4-11-19-16)15-9-8-13-5-3-6-14(13)12-15/h4,7-9,11-12,17-18H,2-3,5-6,10H2,1H3. The maximum atomic E-state index is 3.69. The minimum Gasteiger partial charge on any atom is -0.306 e. The maximum absolute atomic E-state index is 3.69. The fourth-order valence-corrected chi connectivity index (χ4v) is 3.73. The van der Waals surface area contributed by atoms with Crippen molar-refractivity contribution >= 4 is 11.3 Å². The summed E-state index contributed by atoms with van der Waals surface area (Å²) in [5.41, 5.74) is 4.55. The Morgan fingerprint density at radius 1 is 1.21 bits per heavy atom. The summed E-state index contributed by atoms with van der Waals surface area (Å²) < 4.78 is 0. The van der Waals surface area contributed by atoms with Crippen molar-refractivity contribution in [3.63, 3.8) is 0 Å². The summed E-state index contributed by atoms with van der Waals surface area (Å²) in [7, 11) is 0. The lowest BCUT2D eigenvalue weighted by Crippen LogP contribution is -2.22.